The Bertz CT molecular complexity index is 3280. The third-order valence-electron chi connectivity index (χ3n) is 11.6. The average molecular weight is 1060 g/mol. The molecule has 7 rings (SSSR count). The predicted molar refractivity (Wildman–Crippen MR) is 275 cm³/mol. The van der Waals surface area contributed by atoms with Crippen LogP contribution in [0.5, 0.6) is 0 Å². The molecule has 1 heterocycles. The third-order valence-corrected chi connectivity index (χ3v) is 11.6. The maximum atomic E-state index is 14.7. The Hall–Kier alpha value is -10.9. The fourth-order valence-electron chi connectivity index (χ4n) is 8.44. The van der Waals surface area contributed by atoms with E-state index in [0.29, 0.717) is 12.0 Å². The predicted octanol–water partition coefficient (Wildman–Crippen LogP) is -5.36. The molecule has 7 unspecified atom stereocenters. The second-order valence-electron chi connectivity index (χ2n) is 16.9. The second kappa shape index (κ2) is 22.9. The van der Waals surface area contributed by atoms with Gasteiger partial charge in [0.25, 0.3) is 29.5 Å². The summed E-state index contributed by atoms with van der Waals surface area (Å²) in [6, 6.07) is 8.05. The minimum absolute atomic E-state index is 0.0306. The summed E-state index contributed by atoms with van der Waals surface area (Å²) in [6.45, 7) is -0.232. The van der Waals surface area contributed by atoms with E-state index in [2.05, 4.69) is 52.3 Å². The van der Waals surface area contributed by atoms with Crippen LogP contribution in [0, 0.1) is 16.0 Å². The first-order valence-electron chi connectivity index (χ1n) is 22.6. The highest BCUT2D eigenvalue weighted by Crippen LogP contribution is 2.48. The van der Waals surface area contributed by atoms with Gasteiger partial charge in [0.2, 0.25) is 42.3 Å². The van der Waals surface area contributed by atoms with Gasteiger partial charge in [0.1, 0.15) is 6.04 Å². The van der Waals surface area contributed by atoms with Gasteiger partial charge in [-0.3, -0.25) is 38.9 Å². The van der Waals surface area contributed by atoms with Gasteiger partial charge in [-0.15, -0.1) is 0 Å². The van der Waals surface area contributed by atoms with Crippen molar-refractivity contribution >= 4 is 81.7 Å². The number of nitrogens with two attached hydrogens (primary N) is 9. The van der Waals surface area contributed by atoms with Gasteiger partial charge >= 0.3 is 5.69 Å². The van der Waals surface area contributed by atoms with Crippen LogP contribution in [0.3, 0.4) is 0 Å². The fraction of sp³-hybridized carbons (Fsp3) is 0.200. The zero-order valence-corrected chi connectivity index (χ0v) is 40.0. The van der Waals surface area contributed by atoms with E-state index in [-0.39, 0.29) is 34.7 Å². The molecular formula is C45H50N22O10. The molecule has 7 atom stereocenters. The summed E-state index contributed by atoms with van der Waals surface area (Å²) in [5, 5.41) is 42.9. The Morgan fingerprint density at radius 1 is 0.701 bits per heavy atom. The van der Waals surface area contributed by atoms with E-state index in [1.54, 1.807) is 6.07 Å². The van der Waals surface area contributed by atoms with E-state index < -0.39 is 107 Å². The van der Waals surface area contributed by atoms with Crippen LogP contribution >= 0.6 is 0 Å². The number of benzene rings is 2. The van der Waals surface area contributed by atoms with Gasteiger partial charge in [-0.05, 0) is 67.9 Å². The number of nitro groups is 1. The van der Waals surface area contributed by atoms with E-state index in [0.717, 1.165) is 33.9 Å². The van der Waals surface area contributed by atoms with Gasteiger partial charge in [-0.1, -0.05) is 72.9 Å². The number of aliphatic hydroxyl groups is 1. The van der Waals surface area contributed by atoms with Crippen LogP contribution in [-0.4, -0.2) is 117 Å². The van der Waals surface area contributed by atoms with Gasteiger partial charge < -0.3 is 88.2 Å². The number of primary amides is 1. The number of carbonyl (C=O) groups excluding carboxylic acids is 6. The highest BCUT2D eigenvalue weighted by Gasteiger charge is 2.39. The number of allylic oxidation sites excluding steroid dienone is 12. The molecule has 24 N–H and O–H groups in total. The van der Waals surface area contributed by atoms with Crippen molar-refractivity contribution in [1.82, 2.24) is 36.9 Å². The molecule has 0 radical (unpaired) electrons. The van der Waals surface area contributed by atoms with Crippen LogP contribution < -0.4 is 83.1 Å². The molecule has 0 bridgehead atoms. The number of guanidine groups is 4. The van der Waals surface area contributed by atoms with Crippen molar-refractivity contribution in [2.24, 2.45) is 77.5 Å². The smallest absolute Gasteiger partial charge is 0.300 e. The summed E-state index contributed by atoms with van der Waals surface area (Å²) in [6.07, 6.45) is 5.93. The molecule has 32 heteroatoms. The molecule has 0 aliphatic heterocycles. The molecule has 4 aliphatic rings. The fourth-order valence-corrected chi connectivity index (χ4v) is 8.44. The number of aromatic nitrogens is 2. The number of rotatable bonds is 21. The number of aliphatic imine (C=N–C) groups is 4. The number of non-ortho nitro benzene ring substituents is 1. The van der Waals surface area contributed by atoms with Crippen molar-refractivity contribution in [3.8, 4) is 0 Å². The van der Waals surface area contributed by atoms with Crippen LogP contribution in [0.2, 0.25) is 0 Å². The SMILES string of the molecule is NC(=O)C(N=C(N)N)NC(=O)C(N=C(N)N)NC(=O)C(N=C(N)N)NC(=O)C(N=C(N)N)NC(=O)C(NC(=O)C(O)N(CC1=C2C=CC=C3C=CC4=C(C(=C1)C=CC4)C32)c1ccc([N+](=O)[O-])c2nonc12)c1ccccc1. The number of hydrogen-bond acceptors (Lipinski definition) is 17. The van der Waals surface area contributed by atoms with Gasteiger partial charge in [-0.2, -0.15) is 0 Å². The van der Waals surface area contributed by atoms with Gasteiger partial charge in [0.15, 0.2) is 29.4 Å². The first-order chi connectivity index (χ1) is 36.6. The Labute approximate surface area is 433 Å². The summed E-state index contributed by atoms with van der Waals surface area (Å²) in [5.74, 6) is -11.0. The molecular weight excluding hydrogens is 1010 g/mol. The molecule has 0 saturated carbocycles. The average Bonchev–Trinajstić information content (AvgIpc) is 3.88. The minimum Gasteiger partial charge on any atom is -0.370 e. The molecule has 0 spiro atoms. The number of nitrogens with zero attached hydrogens (tertiary/aromatic N) is 8. The van der Waals surface area contributed by atoms with Crippen molar-refractivity contribution in [2.75, 3.05) is 11.4 Å². The Morgan fingerprint density at radius 2 is 1.26 bits per heavy atom. The Morgan fingerprint density at radius 3 is 1.83 bits per heavy atom. The number of nitro benzene ring substituents is 1. The number of nitrogens with one attached hydrogen (secondary N) is 5. The lowest BCUT2D eigenvalue weighted by Crippen LogP contribution is -2.58. The topological polar surface area (TPSA) is 552 Å². The highest BCUT2D eigenvalue weighted by molar-refractivity contribution is 6.00. The van der Waals surface area contributed by atoms with Crippen LogP contribution in [0.15, 0.2) is 149 Å². The third kappa shape index (κ3) is 12.3. The maximum absolute atomic E-state index is 14.7. The second-order valence-corrected chi connectivity index (χ2v) is 16.9. The Kier molecular flexibility index (Phi) is 16.0. The molecule has 400 valence electrons. The van der Waals surface area contributed by atoms with Crippen LogP contribution in [0.1, 0.15) is 18.0 Å². The standard InChI is InChI=1S/C45H50N22O10/c46-31(68)32(60-42(47)48)56-37(70)34(62-44(51)52)58-39(72)35(63-45(53)54)59-38(71)33(61-43(49)50)57-36(69)28(20-6-2-1-3-7-20)55-40(73)41(74)66(24-14-15-25(67(75)76)30-29(24)64-77-65-30)17-22-16-21-10-4-8-18-12-13-19-9-5-11-23(22)27(19)26(18)21/h1-7,9-16,27-28,32-35,41,74H,8,17H2,(H2,46,68)(H,55,73)(H,56,70)(H,57,69)(H,58,72)(H,59,71)(H4,47,48,60)(H4,49,50,61)(H4,51,52,62)(H4,53,54,63). The van der Waals surface area contributed by atoms with Crippen molar-refractivity contribution in [3.05, 3.63) is 140 Å². The van der Waals surface area contributed by atoms with Crippen molar-refractivity contribution in [2.45, 2.75) is 43.4 Å². The van der Waals surface area contributed by atoms with Gasteiger partial charge in [0.05, 0.1) is 10.6 Å². The monoisotopic (exact) mass is 1060 g/mol. The number of aliphatic hydroxyl groups excluding tert-OH is 1. The van der Waals surface area contributed by atoms with Crippen LogP contribution in [-0.2, 0) is 28.8 Å². The maximum Gasteiger partial charge on any atom is 0.300 e. The molecule has 6 amide bonds. The number of anilines is 1. The van der Waals surface area contributed by atoms with Gasteiger partial charge in [0, 0.05) is 18.5 Å². The molecule has 2 aromatic carbocycles. The van der Waals surface area contributed by atoms with E-state index in [4.69, 9.17) is 56.2 Å². The van der Waals surface area contributed by atoms with Crippen LogP contribution in [0.4, 0.5) is 11.4 Å². The van der Waals surface area contributed by atoms with E-state index in [1.165, 1.54) is 35.2 Å². The van der Waals surface area contributed by atoms with Crippen molar-refractivity contribution in [3.63, 3.8) is 0 Å². The summed E-state index contributed by atoms with van der Waals surface area (Å²) in [5.41, 5.74) is 53.9. The number of hydrogen-bond donors (Lipinski definition) is 15. The number of amides is 6. The number of fused-ring (bicyclic) bond motifs is 1. The highest BCUT2D eigenvalue weighted by atomic mass is 16.6. The normalized spacial score (nSPS) is 17.0. The summed E-state index contributed by atoms with van der Waals surface area (Å²) in [4.78, 5) is 109. The molecule has 3 aromatic rings. The summed E-state index contributed by atoms with van der Waals surface area (Å²) < 4.78 is 4.94. The first kappa shape index (κ1) is 53.9. The quantitative estimate of drug-likeness (QED) is 0.0156. The summed E-state index contributed by atoms with van der Waals surface area (Å²) >= 11 is 0. The first-order valence-corrected chi connectivity index (χ1v) is 22.6. The molecule has 0 fully saturated rings. The van der Waals surface area contributed by atoms with Gasteiger partial charge in [-0.25, -0.2) is 24.6 Å². The molecule has 32 nitrogen and oxygen atoms in total. The lowest BCUT2D eigenvalue weighted by atomic mass is 9.67. The number of carbonyl (C=O) groups is 6. The summed E-state index contributed by atoms with van der Waals surface area (Å²) in [7, 11) is 0. The van der Waals surface area contributed by atoms with Crippen molar-refractivity contribution < 1.29 is 43.4 Å². The largest absolute Gasteiger partial charge is 0.370 e. The van der Waals surface area contributed by atoms with E-state index >= 15 is 0 Å². The lowest BCUT2D eigenvalue weighted by Gasteiger charge is -2.38. The minimum atomic E-state index is -2.22. The zero-order chi connectivity index (χ0) is 55.8. The van der Waals surface area contributed by atoms with Crippen LogP contribution in [0.25, 0.3) is 11.0 Å². The lowest BCUT2D eigenvalue weighted by molar-refractivity contribution is -0.383. The molecule has 1 aromatic heterocycles. The zero-order valence-electron chi connectivity index (χ0n) is 40.0. The molecule has 0 saturated heterocycles. The Balaban J connectivity index is 1.18. The van der Waals surface area contributed by atoms with E-state index in [9.17, 15) is 44.0 Å². The molecule has 77 heavy (non-hydrogen) atoms. The van der Waals surface area contributed by atoms with Crippen molar-refractivity contribution in [1.29, 1.82) is 0 Å². The van der Waals surface area contributed by atoms with E-state index in [1.807, 2.05) is 53.2 Å². The molecule has 4 aliphatic carbocycles.